The predicted molar refractivity (Wildman–Crippen MR) is 41.5 cm³/mol. The zero-order chi connectivity index (χ0) is 7.84. The standard InChI is InChI=1S/C8H7N2O/c9-6-2-1-5-3-8(11)10-7(5)4-6/h1-2,4,9H,3H2,(H,10,11). The van der Waals surface area contributed by atoms with Crippen LogP contribution in [0.5, 0.6) is 0 Å². The summed E-state index contributed by atoms with van der Waals surface area (Å²) in [7, 11) is 0. The van der Waals surface area contributed by atoms with Gasteiger partial charge < -0.3 is 11.1 Å². The molecule has 55 valence electrons. The minimum atomic E-state index is 0.0191. The fraction of sp³-hybridized carbons (Fsp3) is 0.125. The van der Waals surface area contributed by atoms with Crippen LogP contribution >= 0.6 is 0 Å². The Kier molecular flexibility index (Phi) is 1.12. The number of benzene rings is 1. The van der Waals surface area contributed by atoms with Gasteiger partial charge in [0.05, 0.1) is 12.1 Å². The number of fused-ring (bicyclic) bond motifs is 1. The van der Waals surface area contributed by atoms with Gasteiger partial charge in [-0.05, 0) is 17.7 Å². The molecular weight excluding hydrogens is 140 g/mol. The second-order valence-electron chi connectivity index (χ2n) is 2.60. The third-order valence-electron chi connectivity index (χ3n) is 1.73. The normalized spacial score (nSPS) is 14.4. The van der Waals surface area contributed by atoms with Gasteiger partial charge in [-0.1, -0.05) is 6.07 Å². The van der Waals surface area contributed by atoms with Crippen LogP contribution in [0.4, 0.5) is 11.4 Å². The maximum atomic E-state index is 10.8. The molecule has 1 aromatic carbocycles. The van der Waals surface area contributed by atoms with Crippen LogP contribution in [0.2, 0.25) is 0 Å². The molecule has 1 radical (unpaired) electrons. The van der Waals surface area contributed by atoms with E-state index in [4.69, 9.17) is 5.73 Å². The van der Waals surface area contributed by atoms with Gasteiger partial charge in [0.1, 0.15) is 0 Å². The highest BCUT2D eigenvalue weighted by Gasteiger charge is 2.16. The largest absolute Gasteiger partial charge is 0.325 e. The average molecular weight is 147 g/mol. The topological polar surface area (TPSA) is 52.9 Å². The summed E-state index contributed by atoms with van der Waals surface area (Å²) >= 11 is 0. The Morgan fingerprint density at radius 1 is 1.45 bits per heavy atom. The van der Waals surface area contributed by atoms with E-state index in [0.717, 1.165) is 11.3 Å². The maximum absolute atomic E-state index is 10.8. The molecule has 1 amide bonds. The van der Waals surface area contributed by atoms with Gasteiger partial charge in [-0.15, -0.1) is 0 Å². The SMILES string of the molecule is [NH]c1ccc2c(c1)NC(=O)C2. The Morgan fingerprint density at radius 2 is 2.27 bits per heavy atom. The number of rotatable bonds is 0. The van der Waals surface area contributed by atoms with Gasteiger partial charge in [-0.3, -0.25) is 4.79 Å². The van der Waals surface area contributed by atoms with E-state index in [9.17, 15) is 4.79 Å². The molecule has 11 heavy (non-hydrogen) atoms. The molecule has 3 heteroatoms. The first-order valence-electron chi connectivity index (χ1n) is 3.40. The lowest BCUT2D eigenvalue weighted by Crippen LogP contribution is -2.03. The Hall–Kier alpha value is -1.51. The van der Waals surface area contributed by atoms with Gasteiger partial charge >= 0.3 is 0 Å². The van der Waals surface area contributed by atoms with E-state index >= 15 is 0 Å². The van der Waals surface area contributed by atoms with E-state index < -0.39 is 0 Å². The van der Waals surface area contributed by atoms with E-state index in [0.29, 0.717) is 12.1 Å². The van der Waals surface area contributed by atoms with Crippen molar-refractivity contribution >= 4 is 17.3 Å². The molecule has 0 spiro atoms. The summed E-state index contributed by atoms with van der Waals surface area (Å²) in [6.07, 6.45) is 0.454. The first-order chi connectivity index (χ1) is 5.25. The van der Waals surface area contributed by atoms with Crippen molar-refractivity contribution in [1.82, 2.24) is 5.73 Å². The Morgan fingerprint density at radius 3 is 3.09 bits per heavy atom. The first-order valence-corrected chi connectivity index (χ1v) is 3.40. The number of hydrogen-bond donors (Lipinski definition) is 1. The van der Waals surface area contributed by atoms with Gasteiger partial charge in [0.15, 0.2) is 0 Å². The Bertz CT molecular complexity index is 320. The quantitative estimate of drug-likeness (QED) is 0.586. The molecule has 0 saturated heterocycles. The number of amides is 1. The summed E-state index contributed by atoms with van der Waals surface area (Å²) in [5.74, 6) is 0.0191. The third-order valence-corrected chi connectivity index (χ3v) is 1.73. The number of anilines is 1. The van der Waals surface area contributed by atoms with Crippen LogP contribution < -0.4 is 11.1 Å². The van der Waals surface area contributed by atoms with Gasteiger partial charge in [0, 0.05) is 5.69 Å². The molecule has 0 fully saturated rings. The Labute approximate surface area is 64.2 Å². The van der Waals surface area contributed by atoms with Crippen LogP contribution in [0.3, 0.4) is 0 Å². The van der Waals surface area contributed by atoms with Gasteiger partial charge in [0.2, 0.25) is 5.91 Å². The van der Waals surface area contributed by atoms with Crippen LogP contribution in [0.1, 0.15) is 5.56 Å². The van der Waals surface area contributed by atoms with Crippen molar-refractivity contribution in [3.63, 3.8) is 0 Å². The summed E-state index contributed by atoms with van der Waals surface area (Å²) in [6.45, 7) is 0. The van der Waals surface area contributed by atoms with E-state index in [-0.39, 0.29) is 5.91 Å². The fourth-order valence-corrected chi connectivity index (χ4v) is 1.21. The van der Waals surface area contributed by atoms with Crippen molar-refractivity contribution in [1.29, 1.82) is 0 Å². The molecule has 1 aromatic rings. The average Bonchev–Trinajstić information content (AvgIpc) is 2.27. The van der Waals surface area contributed by atoms with Crippen LogP contribution in [-0.4, -0.2) is 5.91 Å². The smallest absolute Gasteiger partial charge is 0.228 e. The first kappa shape index (κ1) is 6.22. The van der Waals surface area contributed by atoms with Crippen molar-refractivity contribution < 1.29 is 4.79 Å². The highest BCUT2D eigenvalue weighted by Crippen LogP contribution is 2.25. The minimum Gasteiger partial charge on any atom is -0.325 e. The molecule has 3 nitrogen and oxygen atoms in total. The summed E-state index contributed by atoms with van der Waals surface area (Å²) in [6, 6.07) is 5.18. The van der Waals surface area contributed by atoms with Crippen LogP contribution in [0.15, 0.2) is 18.2 Å². The van der Waals surface area contributed by atoms with Crippen molar-refractivity contribution in [2.24, 2.45) is 0 Å². The molecule has 0 bridgehead atoms. The molecule has 0 atom stereocenters. The lowest BCUT2D eigenvalue weighted by Gasteiger charge is -1.96. The lowest BCUT2D eigenvalue weighted by atomic mass is 10.1. The molecular formula is C8H7N2O. The van der Waals surface area contributed by atoms with Crippen molar-refractivity contribution in [3.8, 4) is 0 Å². The summed E-state index contributed by atoms with van der Waals surface area (Å²) in [4.78, 5) is 10.8. The third kappa shape index (κ3) is 0.941. The molecule has 0 aliphatic carbocycles. The maximum Gasteiger partial charge on any atom is 0.228 e. The van der Waals surface area contributed by atoms with Gasteiger partial charge in [-0.2, -0.15) is 0 Å². The summed E-state index contributed by atoms with van der Waals surface area (Å²) in [5.41, 5.74) is 9.50. The number of nitrogens with one attached hydrogen (secondary N) is 2. The second kappa shape index (κ2) is 1.99. The van der Waals surface area contributed by atoms with Crippen molar-refractivity contribution in [2.45, 2.75) is 6.42 Å². The number of carbonyl (C=O) groups excluding carboxylic acids is 1. The van der Waals surface area contributed by atoms with Crippen molar-refractivity contribution in [3.05, 3.63) is 23.8 Å². The van der Waals surface area contributed by atoms with Gasteiger partial charge in [0.25, 0.3) is 0 Å². The van der Waals surface area contributed by atoms with Crippen LogP contribution in [-0.2, 0) is 11.2 Å². The number of hydrogen-bond acceptors (Lipinski definition) is 1. The predicted octanol–water partition coefficient (Wildman–Crippen LogP) is 1.10. The van der Waals surface area contributed by atoms with E-state index in [1.165, 1.54) is 0 Å². The van der Waals surface area contributed by atoms with Crippen molar-refractivity contribution in [2.75, 3.05) is 5.32 Å². The monoisotopic (exact) mass is 147 g/mol. The Balaban J connectivity index is 2.51. The van der Waals surface area contributed by atoms with E-state index in [1.807, 2.05) is 6.07 Å². The van der Waals surface area contributed by atoms with Gasteiger partial charge in [-0.25, -0.2) is 0 Å². The lowest BCUT2D eigenvalue weighted by molar-refractivity contribution is -0.115. The molecule has 1 heterocycles. The van der Waals surface area contributed by atoms with E-state index in [1.54, 1.807) is 12.1 Å². The highest BCUT2D eigenvalue weighted by atomic mass is 16.1. The molecule has 0 unspecified atom stereocenters. The molecule has 1 aliphatic heterocycles. The molecule has 0 saturated carbocycles. The zero-order valence-corrected chi connectivity index (χ0v) is 5.85. The molecule has 0 aromatic heterocycles. The zero-order valence-electron chi connectivity index (χ0n) is 5.85. The van der Waals surface area contributed by atoms with Crippen LogP contribution in [0, 0.1) is 0 Å². The molecule has 1 aliphatic rings. The fourth-order valence-electron chi connectivity index (χ4n) is 1.21. The van der Waals surface area contributed by atoms with Crippen LogP contribution in [0.25, 0.3) is 0 Å². The molecule has 2 N–H and O–H groups in total. The minimum absolute atomic E-state index is 0.0191. The second-order valence-corrected chi connectivity index (χ2v) is 2.60. The van der Waals surface area contributed by atoms with E-state index in [2.05, 4.69) is 5.32 Å². The highest BCUT2D eigenvalue weighted by molar-refractivity contribution is 5.99. The summed E-state index contributed by atoms with van der Waals surface area (Å²) < 4.78 is 0. The molecule has 2 rings (SSSR count). The number of carbonyl (C=O) groups is 1. The summed E-state index contributed by atoms with van der Waals surface area (Å²) in [5, 5.41) is 2.68.